The van der Waals surface area contributed by atoms with Crippen molar-refractivity contribution in [1.29, 1.82) is 0 Å². The van der Waals surface area contributed by atoms with E-state index in [-0.39, 0.29) is 28.5 Å². The molecule has 0 unspecified atom stereocenters. The first kappa shape index (κ1) is 23.7. The van der Waals surface area contributed by atoms with Gasteiger partial charge >= 0.3 is 6.18 Å². The van der Waals surface area contributed by atoms with E-state index < -0.39 is 27.6 Å². The molecule has 1 saturated carbocycles. The second kappa shape index (κ2) is 8.09. The second-order valence-electron chi connectivity index (χ2n) is 9.66. The molecule has 1 aromatic carbocycles. The maximum atomic E-state index is 13.6. The molecule has 10 heteroatoms. The topological polar surface area (TPSA) is 64.0 Å². The lowest BCUT2D eigenvalue weighted by Crippen LogP contribution is -2.26. The van der Waals surface area contributed by atoms with Crippen molar-refractivity contribution in [1.82, 2.24) is 14.3 Å². The average molecular weight is 484 g/mol. The summed E-state index contributed by atoms with van der Waals surface area (Å²) in [5.41, 5.74) is -0.283. The van der Waals surface area contributed by atoms with Gasteiger partial charge in [0.1, 0.15) is 11.5 Å². The van der Waals surface area contributed by atoms with Gasteiger partial charge in [-0.15, -0.1) is 0 Å². The maximum absolute atomic E-state index is 13.6. The molecular formula is C23H25F4N3O2S. The monoisotopic (exact) mass is 483 g/mol. The molecule has 178 valence electrons. The van der Waals surface area contributed by atoms with Crippen LogP contribution in [0.2, 0.25) is 0 Å². The molecule has 5 nitrogen and oxygen atoms in total. The van der Waals surface area contributed by atoms with Crippen molar-refractivity contribution >= 4 is 21.1 Å². The average Bonchev–Trinajstić information content (AvgIpc) is 3.50. The molecule has 0 radical (unpaired) electrons. The summed E-state index contributed by atoms with van der Waals surface area (Å²) in [5.74, 6) is -0.978. The van der Waals surface area contributed by atoms with Gasteiger partial charge in [0.25, 0.3) is 0 Å². The maximum Gasteiger partial charge on any atom is 0.417 e. The van der Waals surface area contributed by atoms with Crippen molar-refractivity contribution in [2.45, 2.75) is 58.1 Å². The molecule has 2 aromatic heterocycles. The van der Waals surface area contributed by atoms with Crippen LogP contribution in [0.4, 0.5) is 17.6 Å². The van der Waals surface area contributed by atoms with Crippen LogP contribution in [0.15, 0.2) is 36.5 Å². The number of fused-ring (bicyclic) bond motifs is 1. The third-order valence-corrected chi connectivity index (χ3v) is 7.34. The van der Waals surface area contributed by atoms with E-state index in [0.29, 0.717) is 42.0 Å². The number of hydrogen-bond donors (Lipinski definition) is 1. The highest BCUT2D eigenvalue weighted by atomic mass is 32.2. The van der Waals surface area contributed by atoms with E-state index in [1.54, 1.807) is 12.3 Å². The summed E-state index contributed by atoms with van der Waals surface area (Å²) in [6.45, 7) is 6.63. The summed E-state index contributed by atoms with van der Waals surface area (Å²) in [5, 5.41) is 0.293. The molecule has 33 heavy (non-hydrogen) atoms. The normalized spacial score (nSPS) is 15.4. The van der Waals surface area contributed by atoms with Gasteiger partial charge in [-0.3, -0.25) is 0 Å². The number of sulfonamides is 1. The second-order valence-corrected chi connectivity index (χ2v) is 11.7. The summed E-state index contributed by atoms with van der Waals surface area (Å²) in [6, 6.07) is 5.61. The summed E-state index contributed by atoms with van der Waals surface area (Å²) in [7, 11) is -3.40. The SMILES string of the molecule is CC(C)(C)Cn1cc(CNS(=O)(=O)C2CC2)c2ccc(-c3ccc(F)cc3C(F)(F)F)nc21. The number of pyridine rings is 1. The quantitative estimate of drug-likeness (QED) is 0.472. The molecule has 2 heterocycles. The first-order chi connectivity index (χ1) is 15.2. The molecule has 4 rings (SSSR count). The molecule has 0 bridgehead atoms. The van der Waals surface area contributed by atoms with Gasteiger partial charge in [0.2, 0.25) is 10.0 Å². The standard InChI is InChI=1S/C23H25F4N3O2S/c1-22(2,3)13-30-12-14(11-28-33(31,32)16-5-6-16)17-8-9-20(29-21(17)30)18-7-4-15(24)10-19(18)23(25,26)27/h4,7-10,12,16,28H,5-6,11,13H2,1-3H3. The van der Waals surface area contributed by atoms with Crippen molar-refractivity contribution in [2.75, 3.05) is 0 Å². The highest BCUT2D eigenvalue weighted by molar-refractivity contribution is 7.90. The van der Waals surface area contributed by atoms with Gasteiger partial charge in [-0.05, 0) is 54.2 Å². The van der Waals surface area contributed by atoms with Crippen LogP contribution in [0.5, 0.6) is 0 Å². The van der Waals surface area contributed by atoms with E-state index in [1.165, 1.54) is 6.07 Å². The number of aromatic nitrogens is 2. The minimum atomic E-state index is -4.74. The Morgan fingerprint density at radius 2 is 1.82 bits per heavy atom. The summed E-state index contributed by atoms with van der Waals surface area (Å²) in [4.78, 5) is 4.51. The molecule has 0 saturated heterocycles. The molecule has 0 spiro atoms. The lowest BCUT2D eigenvalue weighted by atomic mass is 9.97. The van der Waals surface area contributed by atoms with Crippen LogP contribution < -0.4 is 4.72 Å². The minimum Gasteiger partial charge on any atom is -0.332 e. The number of hydrogen-bond acceptors (Lipinski definition) is 3. The fourth-order valence-corrected chi connectivity index (χ4v) is 5.16. The van der Waals surface area contributed by atoms with E-state index in [4.69, 9.17) is 0 Å². The van der Waals surface area contributed by atoms with Crippen LogP contribution in [-0.4, -0.2) is 23.2 Å². The fraction of sp³-hybridized carbons (Fsp3) is 0.435. The summed E-state index contributed by atoms with van der Waals surface area (Å²) >= 11 is 0. The minimum absolute atomic E-state index is 0.0631. The molecule has 1 N–H and O–H groups in total. The Labute approximate surface area is 189 Å². The van der Waals surface area contributed by atoms with Gasteiger partial charge in [0.15, 0.2) is 0 Å². The fourth-order valence-electron chi connectivity index (χ4n) is 3.81. The number of rotatable bonds is 6. The molecule has 0 atom stereocenters. The Kier molecular flexibility index (Phi) is 5.81. The molecule has 1 fully saturated rings. The van der Waals surface area contributed by atoms with Gasteiger partial charge in [0, 0.05) is 30.2 Å². The molecular weight excluding hydrogens is 458 g/mol. The number of alkyl halides is 3. The molecule has 1 aliphatic rings. The third kappa shape index (κ3) is 5.22. The van der Waals surface area contributed by atoms with Crippen molar-refractivity contribution in [2.24, 2.45) is 5.41 Å². The predicted octanol–water partition coefficient (Wildman–Crippen LogP) is 5.49. The number of benzene rings is 1. The Morgan fingerprint density at radius 1 is 1.12 bits per heavy atom. The molecule has 3 aromatic rings. The zero-order valence-electron chi connectivity index (χ0n) is 18.5. The highest BCUT2D eigenvalue weighted by Crippen LogP contribution is 2.38. The molecule has 1 aliphatic carbocycles. The van der Waals surface area contributed by atoms with Crippen LogP contribution in [0.3, 0.4) is 0 Å². The number of nitrogens with zero attached hydrogens (tertiary/aromatic N) is 2. The van der Waals surface area contributed by atoms with Gasteiger partial charge < -0.3 is 4.57 Å². The Balaban J connectivity index is 1.80. The van der Waals surface area contributed by atoms with Crippen molar-refractivity contribution < 1.29 is 26.0 Å². The Hall–Kier alpha value is -2.46. The van der Waals surface area contributed by atoms with Crippen molar-refractivity contribution in [3.05, 3.63) is 53.5 Å². The summed E-state index contributed by atoms with van der Waals surface area (Å²) in [6.07, 6.45) is -1.67. The van der Waals surface area contributed by atoms with Crippen molar-refractivity contribution in [3.63, 3.8) is 0 Å². The molecule has 0 aliphatic heterocycles. The van der Waals surface area contributed by atoms with E-state index in [9.17, 15) is 26.0 Å². The Bertz CT molecular complexity index is 1300. The van der Waals surface area contributed by atoms with Gasteiger partial charge in [-0.2, -0.15) is 13.2 Å². The van der Waals surface area contributed by atoms with Gasteiger partial charge in [-0.1, -0.05) is 20.8 Å². The highest BCUT2D eigenvalue weighted by Gasteiger charge is 2.36. The van der Waals surface area contributed by atoms with Gasteiger partial charge in [0.05, 0.1) is 16.5 Å². The number of halogens is 4. The van der Waals surface area contributed by atoms with E-state index in [1.807, 2.05) is 25.3 Å². The van der Waals surface area contributed by atoms with E-state index in [2.05, 4.69) is 9.71 Å². The lowest BCUT2D eigenvalue weighted by Gasteiger charge is -2.19. The van der Waals surface area contributed by atoms with Crippen LogP contribution in [-0.2, 0) is 29.3 Å². The van der Waals surface area contributed by atoms with Crippen LogP contribution in [0.1, 0.15) is 44.7 Å². The molecule has 0 amide bonds. The van der Waals surface area contributed by atoms with Crippen LogP contribution in [0, 0.1) is 11.2 Å². The summed E-state index contributed by atoms with van der Waals surface area (Å²) < 4.78 is 83.2. The van der Waals surface area contributed by atoms with Crippen LogP contribution >= 0.6 is 0 Å². The third-order valence-electron chi connectivity index (χ3n) is 5.44. The van der Waals surface area contributed by atoms with Crippen molar-refractivity contribution in [3.8, 4) is 11.3 Å². The first-order valence-electron chi connectivity index (χ1n) is 10.6. The zero-order valence-corrected chi connectivity index (χ0v) is 19.3. The van der Waals surface area contributed by atoms with Gasteiger partial charge in [-0.25, -0.2) is 22.5 Å². The zero-order chi connectivity index (χ0) is 24.2. The number of nitrogens with one attached hydrogen (secondary N) is 1. The van der Waals surface area contributed by atoms with E-state index >= 15 is 0 Å². The Morgan fingerprint density at radius 3 is 2.42 bits per heavy atom. The predicted molar refractivity (Wildman–Crippen MR) is 118 cm³/mol. The first-order valence-corrected chi connectivity index (χ1v) is 12.1. The largest absolute Gasteiger partial charge is 0.417 e. The van der Waals surface area contributed by atoms with Crippen LogP contribution in [0.25, 0.3) is 22.3 Å². The van der Waals surface area contributed by atoms with E-state index in [0.717, 1.165) is 12.1 Å². The smallest absolute Gasteiger partial charge is 0.332 e. The lowest BCUT2D eigenvalue weighted by molar-refractivity contribution is -0.137.